The van der Waals surface area contributed by atoms with Crippen molar-refractivity contribution < 1.29 is 9.31 Å². The number of nitrogens with one attached hydrogen (secondary N) is 1. The van der Waals surface area contributed by atoms with Gasteiger partial charge in [-0.3, -0.25) is 10.1 Å². The highest BCUT2D eigenvalue weighted by Crippen LogP contribution is 2.35. The molecule has 2 atom stereocenters. The lowest BCUT2D eigenvalue weighted by atomic mass is 9.88. The number of rotatable bonds is 2. The van der Waals surface area contributed by atoms with E-state index in [-0.39, 0.29) is 0 Å². The largest absolute Gasteiger partial charge is 0.366 e. The third-order valence-electron chi connectivity index (χ3n) is 4.19. The summed E-state index contributed by atoms with van der Waals surface area (Å²) < 4.78 is 13.6. The lowest BCUT2D eigenvalue weighted by Crippen LogP contribution is -2.40. The predicted molar refractivity (Wildman–Crippen MR) is 69.7 cm³/mol. The van der Waals surface area contributed by atoms with E-state index >= 15 is 0 Å². The van der Waals surface area contributed by atoms with Gasteiger partial charge < -0.3 is 10.2 Å². The number of piperidine rings is 1. The Morgan fingerprint density at radius 2 is 2.16 bits per heavy atom. The van der Waals surface area contributed by atoms with Crippen LogP contribution in [0.3, 0.4) is 0 Å². The Bertz CT molecular complexity index is 509. The van der Waals surface area contributed by atoms with Crippen LogP contribution in [0.1, 0.15) is 6.42 Å². The molecule has 6 heteroatoms. The minimum atomic E-state index is -0.755. The van der Waals surface area contributed by atoms with E-state index in [4.69, 9.17) is 0 Å². The highest BCUT2D eigenvalue weighted by Gasteiger charge is 2.35. The summed E-state index contributed by atoms with van der Waals surface area (Å²) in [7, 11) is 0. The van der Waals surface area contributed by atoms with Crippen LogP contribution in [0.15, 0.2) is 18.2 Å². The van der Waals surface area contributed by atoms with Gasteiger partial charge in [0.15, 0.2) is 0 Å². The summed E-state index contributed by atoms with van der Waals surface area (Å²) in [6.45, 7) is 3.50. The molecule has 2 unspecified atom stereocenters. The zero-order chi connectivity index (χ0) is 13.4. The van der Waals surface area contributed by atoms with Crippen LogP contribution < -0.4 is 10.2 Å². The molecular formula is C13H16FN3O2. The molecule has 0 aliphatic carbocycles. The molecular weight excluding hydrogens is 249 g/mol. The molecule has 5 nitrogen and oxygen atoms in total. The van der Waals surface area contributed by atoms with Crippen molar-refractivity contribution in [3.05, 3.63) is 34.1 Å². The zero-order valence-corrected chi connectivity index (χ0v) is 10.5. The number of nitro benzene ring substituents is 1. The molecule has 2 saturated heterocycles. The number of hydrogen-bond donors (Lipinski definition) is 1. The van der Waals surface area contributed by atoms with E-state index in [0.29, 0.717) is 17.5 Å². The topological polar surface area (TPSA) is 58.4 Å². The fraction of sp³-hybridized carbons (Fsp3) is 0.538. The second-order valence-electron chi connectivity index (χ2n) is 5.28. The van der Waals surface area contributed by atoms with Gasteiger partial charge in [-0.1, -0.05) is 6.07 Å². The molecule has 0 spiro atoms. The first-order valence-electron chi connectivity index (χ1n) is 6.55. The maximum absolute atomic E-state index is 13.6. The van der Waals surface area contributed by atoms with Crippen molar-refractivity contribution in [2.75, 3.05) is 31.1 Å². The summed E-state index contributed by atoms with van der Waals surface area (Å²) in [4.78, 5) is 12.4. The van der Waals surface area contributed by atoms with E-state index < -0.39 is 16.4 Å². The van der Waals surface area contributed by atoms with E-state index in [1.165, 1.54) is 6.07 Å². The van der Waals surface area contributed by atoms with Crippen LogP contribution in [-0.2, 0) is 0 Å². The van der Waals surface area contributed by atoms with Crippen LogP contribution in [0.4, 0.5) is 15.8 Å². The van der Waals surface area contributed by atoms with Crippen LogP contribution >= 0.6 is 0 Å². The van der Waals surface area contributed by atoms with Crippen molar-refractivity contribution in [2.45, 2.75) is 6.42 Å². The van der Waals surface area contributed by atoms with Crippen molar-refractivity contribution in [1.29, 1.82) is 0 Å². The van der Waals surface area contributed by atoms with Gasteiger partial charge >= 0.3 is 5.69 Å². The van der Waals surface area contributed by atoms with Crippen molar-refractivity contribution in [1.82, 2.24) is 5.32 Å². The monoisotopic (exact) mass is 265 g/mol. The molecule has 1 aromatic carbocycles. The van der Waals surface area contributed by atoms with E-state index in [0.717, 1.165) is 38.7 Å². The third kappa shape index (κ3) is 2.16. The first-order chi connectivity index (χ1) is 9.16. The van der Waals surface area contributed by atoms with Gasteiger partial charge in [0.05, 0.1) is 4.92 Å². The zero-order valence-electron chi connectivity index (χ0n) is 10.5. The number of anilines is 1. The maximum atomic E-state index is 13.6. The Labute approximate surface area is 110 Å². The molecule has 2 heterocycles. The highest BCUT2D eigenvalue weighted by atomic mass is 19.1. The minimum Gasteiger partial charge on any atom is -0.366 e. The Hall–Kier alpha value is -1.69. The molecule has 0 saturated carbocycles. The Balaban J connectivity index is 1.90. The number of fused-ring (bicyclic) bond motifs is 1. The molecule has 3 rings (SSSR count). The predicted octanol–water partition coefficient (Wildman–Crippen LogP) is 1.78. The van der Waals surface area contributed by atoms with E-state index in [2.05, 4.69) is 5.32 Å². The highest BCUT2D eigenvalue weighted by molar-refractivity contribution is 5.64. The van der Waals surface area contributed by atoms with Crippen LogP contribution in [0.25, 0.3) is 0 Å². The molecule has 0 aromatic heterocycles. The van der Waals surface area contributed by atoms with Gasteiger partial charge in [0.25, 0.3) is 0 Å². The van der Waals surface area contributed by atoms with Crippen LogP contribution in [0.5, 0.6) is 0 Å². The van der Waals surface area contributed by atoms with Gasteiger partial charge in [-0.2, -0.15) is 4.39 Å². The smallest absolute Gasteiger partial charge is 0.327 e. The van der Waals surface area contributed by atoms with Crippen molar-refractivity contribution >= 4 is 11.4 Å². The second-order valence-corrected chi connectivity index (χ2v) is 5.28. The molecule has 19 heavy (non-hydrogen) atoms. The molecule has 102 valence electrons. The van der Waals surface area contributed by atoms with Crippen molar-refractivity contribution in [3.8, 4) is 0 Å². The second kappa shape index (κ2) is 4.77. The molecule has 2 aliphatic rings. The summed E-state index contributed by atoms with van der Waals surface area (Å²) in [6.07, 6.45) is 1.01. The van der Waals surface area contributed by atoms with E-state index in [9.17, 15) is 14.5 Å². The van der Waals surface area contributed by atoms with Gasteiger partial charge in [-0.05, 0) is 43.5 Å². The summed E-state index contributed by atoms with van der Waals surface area (Å²) in [5.41, 5.74) is 0.0160. The first-order valence-corrected chi connectivity index (χ1v) is 6.55. The van der Waals surface area contributed by atoms with E-state index in [1.807, 2.05) is 4.90 Å². The number of hydrogen-bond acceptors (Lipinski definition) is 4. The molecule has 0 bridgehead atoms. The van der Waals surface area contributed by atoms with Crippen LogP contribution in [0, 0.1) is 27.8 Å². The van der Waals surface area contributed by atoms with Gasteiger partial charge in [0.2, 0.25) is 5.82 Å². The molecule has 0 amide bonds. The fourth-order valence-electron chi connectivity index (χ4n) is 3.19. The fourth-order valence-corrected chi connectivity index (χ4v) is 3.19. The summed E-state index contributed by atoms with van der Waals surface area (Å²) >= 11 is 0. The number of halogens is 1. The summed E-state index contributed by atoms with van der Waals surface area (Å²) in [6, 6.07) is 4.33. The van der Waals surface area contributed by atoms with Gasteiger partial charge in [0, 0.05) is 13.1 Å². The summed E-state index contributed by atoms with van der Waals surface area (Å²) in [5.74, 6) is 0.412. The average molecular weight is 265 g/mol. The molecule has 1 aromatic rings. The van der Waals surface area contributed by atoms with Crippen LogP contribution in [-0.4, -0.2) is 31.1 Å². The van der Waals surface area contributed by atoms with E-state index in [1.54, 1.807) is 6.07 Å². The minimum absolute atomic E-state index is 0.396. The van der Waals surface area contributed by atoms with Crippen molar-refractivity contribution in [3.63, 3.8) is 0 Å². The Morgan fingerprint density at radius 3 is 2.95 bits per heavy atom. The molecule has 2 fully saturated rings. The number of nitro groups is 1. The molecule has 2 aliphatic heterocycles. The average Bonchev–Trinajstić information content (AvgIpc) is 2.85. The molecule has 1 N–H and O–H groups in total. The Morgan fingerprint density at radius 1 is 1.37 bits per heavy atom. The normalized spacial score (nSPS) is 26.3. The first kappa shape index (κ1) is 12.3. The maximum Gasteiger partial charge on any atom is 0.327 e. The summed E-state index contributed by atoms with van der Waals surface area (Å²) in [5, 5.41) is 14.4. The third-order valence-corrected chi connectivity index (χ3v) is 4.19. The van der Waals surface area contributed by atoms with Gasteiger partial charge in [-0.25, -0.2) is 0 Å². The number of nitrogens with zero attached hydrogens (tertiary/aromatic N) is 2. The standard InChI is InChI=1S/C13H16FN3O2/c14-11-2-1-3-12(13(11)17(18)19)16-5-4-9-6-15-7-10(9)8-16/h1-3,9-10,15H,4-8H2. The number of para-hydroxylation sites is 1. The SMILES string of the molecule is O=[N+]([O-])c1c(F)cccc1N1CCC2CNCC2C1. The lowest BCUT2D eigenvalue weighted by molar-refractivity contribution is -0.386. The van der Waals surface area contributed by atoms with Crippen LogP contribution in [0.2, 0.25) is 0 Å². The van der Waals surface area contributed by atoms with Gasteiger partial charge in [-0.15, -0.1) is 0 Å². The quantitative estimate of drug-likeness (QED) is 0.654. The van der Waals surface area contributed by atoms with Crippen molar-refractivity contribution in [2.24, 2.45) is 11.8 Å². The number of benzene rings is 1. The molecule has 0 radical (unpaired) electrons. The Kier molecular flexibility index (Phi) is 3.10. The van der Waals surface area contributed by atoms with Gasteiger partial charge in [0.1, 0.15) is 5.69 Å². The lowest BCUT2D eigenvalue weighted by Gasteiger charge is -2.35.